The molecular formula is C32H58N10Na2O10. The van der Waals surface area contributed by atoms with Crippen LogP contribution < -0.4 is 75.8 Å². The van der Waals surface area contributed by atoms with Crippen molar-refractivity contribution in [1.82, 2.24) is 29.5 Å². The van der Waals surface area contributed by atoms with E-state index in [4.69, 9.17) is 36.4 Å². The van der Waals surface area contributed by atoms with E-state index in [0.717, 1.165) is 37.8 Å². The summed E-state index contributed by atoms with van der Waals surface area (Å²) in [4.78, 5) is 67.1. The van der Waals surface area contributed by atoms with Gasteiger partial charge in [0.2, 0.25) is 11.7 Å². The van der Waals surface area contributed by atoms with Crippen LogP contribution in [-0.2, 0) is 24.0 Å². The van der Waals surface area contributed by atoms with Crippen LogP contribution in [0.2, 0.25) is 0 Å². The minimum Gasteiger partial charge on any atom is -1.00 e. The number of hydrogen-bond donors (Lipinski definition) is 4. The van der Waals surface area contributed by atoms with Crippen molar-refractivity contribution >= 4 is 36.3 Å². The minimum absolute atomic E-state index is 0. The number of H-pyrrole nitrogens is 1. The van der Waals surface area contributed by atoms with Gasteiger partial charge in [0.1, 0.15) is 17.2 Å². The Morgan fingerprint density at radius 1 is 1.02 bits per heavy atom. The summed E-state index contributed by atoms with van der Waals surface area (Å²) in [5.41, 5.74) is 10.4. The molecule has 0 saturated carbocycles. The molecule has 0 bridgehead atoms. The number of carbonyl (C=O) groups is 4. The second kappa shape index (κ2) is 28.2. The first kappa shape index (κ1) is 57.5. The molecule has 4 heterocycles. The van der Waals surface area contributed by atoms with Crippen LogP contribution in [0.25, 0.3) is 0 Å². The van der Waals surface area contributed by atoms with Gasteiger partial charge in [0.25, 0.3) is 13.0 Å². The Balaban J connectivity index is -0.000000219. The SMILES string of the molecule is C.C.CC(C)(C)OC(=O)N1CCCC[C@H]1C(=O)C[N+](=O)[O-].CC(C)(C)OC(=O)N1CCCC[C@H]1c1cnc(N)[nH]1.N=C(N)n1cccn1.O=CO[O-].[H-].[Na+].[Na+]. The van der Waals surface area contributed by atoms with Gasteiger partial charge < -0.3 is 37.5 Å². The van der Waals surface area contributed by atoms with Crippen molar-refractivity contribution < 1.29 is 104 Å². The Kier molecular flexibility index (Phi) is 30.0. The van der Waals surface area contributed by atoms with Crippen LogP contribution >= 0.6 is 0 Å². The van der Waals surface area contributed by atoms with E-state index in [1.165, 1.54) is 9.58 Å². The molecule has 2 amide bonds. The summed E-state index contributed by atoms with van der Waals surface area (Å²) in [5.74, 6) is -0.213. The van der Waals surface area contributed by atoms with Crippen molar-refractivity contribution in [2.24, 2.45) is 5.73 Å². The fourth-order valence-corrected chi connectivity index (χ4v) is 4.76. The van der Waals surface area contributed by atoms with Crippen molar-refractivity contribution in [2.45, 2.75) is 118 Å². The number of nitrogens with zero attached hydrogens (tertiary/aromatic N) is 6. The number of nitrogen functional groups attached to an aromatic ring is 2. The molecule has 2 aromatic heterocycles. The Bertz CT molecular complexity index is 1410. The molecule has 2 aromatic rings. The Hall–Kier alpha value is -3.27. The van der Waals surface area contributed by atoms with Gasteiger partial charge in [-0.2, -0.15) is 5.10 Å². The first-order valence-corrected chi connectivity index (χ1v) is 15.8. The number of aromatic nitrogens is 4. The van der Waals surface area contributed by atoms with Crippen LogP contribution in [-0.4, -0.2) is 102 Å². The summed E-state index contributed by atoms with van der Waals surface area (Å²) >= 11 is 0. The number of amides is 2. The van der Waals surface area contributed by atoms with E-state index in [1.54, 1.807) is 50.3 Å². The second-order valence-electron chi connectivity index (χ2n) is 13.1. The van der Waals surface area contributed by atoms with E-state index in [0.29, 0.717) is 25.5 Å². The molecule has 0 unspecified atom stereocenters. The zero-order valence-electron chi connectivity index (χ0n) is 32.3. The van der Waals surface area contributed by atoms with Gasteiger partial charge in [-0.05, 0) is 86.1 Å². The van der Waals surface area contributed by atoms with E-state index in [1.807, 2.05) is 20.8 Å². The zero-order valence-corrected chi connectivity index (χ0v) is 35.3. The summed E-state index contributed by atoms with van der Waals surface area (Å²) in [5, 5.41) is 29.4. The minimum atomic E-state index is -0.746. The quantitative estimate of drug-likeness (QED) is 0.0465. The number of nitrogens with one attached hydrogen (secondary N) is 2. The zero-order chi connectivity index (χ0) is 38.1. The second-order valence-corrected chi connectivity index (χ2v) is 13.1. The predicted octanol–water partition coefficient (Wildman–Crippen LogP) is -2.47. The Morgan fingerprint density at radius 3 is 1.91 bits per heavy atom. The number of anilines is 1. The molecule has 2 aliphatic heterocycles. The maximum absolute atomic E-state index is 12.2. The number of ketones is 1. The van der Waals surface area contributed by atoms with Crippen molar-refractivity contribution in [3.63, 3.8) is 0 Å². The predicted molar refractivity (Wildman–Crippen MR) is 191 cm³/mol. The van der Waals surface area contributed by atoms with Gasteiger partial charge in [0, 0.05) is 30.4 Å². The fourth-order valence-electron chi connectivity index (χ4n) is 4.76. The molecule has 0 radical (unpaired) electrons. The summed E-state index contributed by atoms with van der Waals surface area (Å²) in [6, 6.07) is 0.962. The molecule has 0 spiro atoms. The number of hydrogen-bond acceptors (Lipinski definition) is 14. The van der Waals surface area contributed by atoms with E-state index in [2.05, 4.69) is 20.0 Å². The largest absolute Gasteiger partial charge is 1.00 e. The molecule has 0 aliphatic carbocycles. The van der Waals surface area contributed by atoms with Gasteiger partial charge in [-0.1, -0.05) is 14.9 Å². The van der Waals surface area contributed by atoms with Gasteiger partial charge >= 0.3 is 71.3 Å². The summed E-state index contributed by atoms with van der Waals surface area (Å²) in [7, 11) is 0. The van der Waals surface area contributed by atoms with Gasteiger partial charge in [0.05, 0.1) is 17.9 Å². The third kappa shape index (κ3) is 22.8. The number of likely N-dealkylation sites (tertiary alicyclic amines) is 2. The van der Waals surface area contributed by atoms with Crippen molar-refractivity contribution in [3.05, 3.63) is 40.5 Å². The van der Waals surface area contributed by atoms with Crippen molar-refractivity contribution in [2.75, 3.05) is 25.4 Å². The average Bonchev–Trinajstić information content (AvgIpc) is 3.73. The Labute approximate surface area is 363 Å². The van der Waals surface area contributed by atoms with E-state index >= 15 is 0 Å². The van der Waals surface area contributed by atoms with Gasteiger partial charge in [0.15, 0.2) is 5.95 Å². The number of carbonyl (C=O) groups excluding carboxylic acids is 4. The third-order valence-corrected chi connectivity index (χ3v) is 6.68. The van der Waals surface area contributed by atoms with Gasteiger partial charge in [-0.25, -0.2) is 19.3 Å². The summed E-state index contributed by atoms with van der Waals surface area (Å²) in [6.45, 7) is 11.0. The number of piperidine rings is 2. The van der Waals surface area contributed by atoms with Gasteiger partial charge in [-0.3, -0.25) is 34.9 Å². The van der Waals surface area contributed by atoms with Crippen LogP contribution in [0.4, 0.5) is 15.5 Å². The smallest absolute Gasteiger partial charge is 1.00 e. The van der Waals surface area contributed by atoms with Crippen molar-refractivity contribution in [1.29, 1.82) is 5.41 Å². The Morgan fingerprint density at radius 2 is 1.52 bits per heavy atom. The topological polar surface area (TPSA) is 291 Å². The standard InChI is InChI=1S/C13H22N4O2.C12H20N2O5.C4H6N4.CH2O3.2CH4.2Na.H/c1-13(2,3)19-12(18)17-7-5-4-6-10(17)9-8-15-11(14)16-9;1-12(2,3)19-11(16)13-7-5-4-6-9(13)10(15)8-14(17)18;5-4(6)8-3-1-2-7-8;2-1-4-3;;;;;/h8,10H,4-7H2,1-3H3,(H3,14,15,16);9H,4-8H2,1-3H3;1-3H,(H3,5,6);1,3H;2*1H4;;;/q;;;;;;2*+1;-1/p-1/t10-;9-;;;;;;;/m00......./s1. The van der Waals surface area contributed by atoms with Crippen LogP contribution in [0.1, 0.15) is 108 Å². The molecule has 2 fully saturated rings. The van der Waals surface area contributed by atoms with E-state index in [9.17, 15) is 24.5 Å². The number of rotatable bonds is 5. The number of Topliss-reactive ketones (excluding diaryl/α,β-unsaturated/α-hetero) is 1. The molecule has 2 aliphatic rings. The van der Waals surface area contributed by atoms with E-state index < -0.39 is 40.6 Å². The first-order valence-electron chi connectivity index (χ1n) is 15.8. The number of ether oxygens (including phenoxy) is 2. The maximum Gasteiger partial charge on any atom is 1.00 e. The summed E-state index contributed by atoms with van der Waals surface area (Å²) < 4.78 is 12.0. The monoisotopic (exact) mass is 788 g/mol. The molecule has 0 aromatic carbocycles. The molecule has 298 valence electrons. The molecule has 22 heteroatoms. The normalized spacial score (nSPS) is 15.9. The molecule has 2 atom stereocenters. The molecule has 4 rings (SSSR count). The first-order chi connectivity index (χ1) is 23.3. The molecule has 6 N–H and O–H groups in total. The average molecular weight is 789 g/mol. The van der Waals surface area contributed by atoms with Crippen LogP contribution in [0.5, 0.6) is 0 Å². The molecule has 2 saturated heterocycles. The van der Waals surface area contributed by atoms with E-state index in [-0.39, 0.29) is 100.0 Å². The number of imidazole rings is 1. The van der Waals surface area contributed by atoms with Crippen LogP contribution in [0, 0.1) is 15.5 Å². The number of aromatic amines is 1. The van der Waals surface area contributed by atoms with Crippen LogP contribution in [0.3, 0.4) is 0 Å². The van der Waals surface area contributed by atoms with Crippen LogP contribution in [0.15, 0.2) is 24.7 Å². The van der Waals surface area contributed by atoms with Gasteiger partial charge in [-0.15, -0.1) is 0 Å². The summed E-state index contributed by atoms with van der Waals surface area (Å²) in [6.07, 6.45) is 9.05. The third-order valence-electron chi connectivity index (χ3n) is 6.68. The molecule has 20 nitrogen and oxygen atoms in total. The maximum atomic E-state index is 12.2. The number of nitro groups is 1. The number of nitrogens with two attached hydrogens (primary N) is 2. The van der Waals surface area contributed by atoms with Crippen molar-refractivity contribution in [3.8, 4) is 0 Å². The molecule has 54 heavy (non-hydrogen) atoms. The molecular weight excluding hydrogens is 730 g/mol. The fraction of sp³-hybridized carbons (Fsp3) is 0.656.